The SMILES string of the molecule is CC[C@H]1CN(c2nc(N)c(C(N)=O)nc2Cl)CCN1C1CCN(Cc2ccc(-n3cncn3)cc2)CC1. The Morgan fingerprint density at radius 3 is 2.51 bits per heavy atom. The Morgan fingerprint density at radius 2 is 1.86 bits per heavy atom. The topological polar surface area (TPSA) is 135 Å². The fourth-order valence-corrected chi connectivity index (χ4v) is 5.72. The molecule has 2 saturated heterocycles. The summed E-state index contributed by atoms with van der Waals surface area (Å²) in [6, 6.07) is 9.46. The van der Waals surface area contributed by atoms with Gasteiger partial charge in [0.25, 0.3) is 5.91 Å². The molecule has 0 bridgehead atoms. The largest absolute Gasteiger partial charge is 0.382 e. The van der Waals surface area contributed by atoms with Crippen molar-refractivity contribution >= 4 is 29.1 Å². The molecule has 0 unspecified atom stereocenters. The third-order valence-corrected chi connectivity index (χ3v) is 7.70. The van der Waals surface area contributed by atoms with Crippen LogP contribution in [0, 0.1) is 0 Å². The lowest BCUT2D eigenvalue weighted by Crippen LogP contribution is -2.58. The number of anilines is 2. The van der Waals surface area contributed by atoms with E-state index in [9.17, 15) is 4.79 Å². The summed E-state index contributed by atoms with van der Waals surface area (Å²) in [6.07, 6.45) is 6.57. The van der Waals surface area contributed by atoms with Crippen LogP contribution in [0.3, 0.4) is 0 Å². The summed E-state index contributed by atoms with van der Waals surface area (Å²) in [5, 5.41) is 4.35. The highest BCUT2D eigenvalue weighted by molar-refractivity contribution is 6.32. The number of nitrogens with zero attached hydrogens (tertiary/aromatic N) is 8. The van der Waals surface area contributed by atoms with Crippen LogP contribution in [0.2, 0.25) is 5.15 Å². The molecule has 11 nitrogen and oxygen atoms in total. The number of rotatable bonds is 7. The maximum atomic E-state index is 11.5. The molecule has 5 rings (SSSR count). The summed E-state index contributed by atoms with van der Waals surface area (Å²) in [4.78, 5) is 31.3. The highest BCUT2D eigenvalue weighted by atomic mass is 35.5. The number of carbonyl (C=O) groups excluding carboxylic acids is 1. The number of primary amides is 1. The van der Waals surface area contributed by atoms with Crippen molar-refractivity contribution in [2.45, 2.75) is 44.8 Å². The number of hydrogen-bond donors (Lipinski definition) is 2. The molecule has 2 aliphatic heterocycles. The van der Waals surface area contributed by atoms with Crippen molar-refractivity contribution in [2.24, 2.45) is 5.73 Å². The number of piperidine rings is 1. The number of carbonyl (C=O) groups is 1. The van der Waals surface area contributed by atoms with Gasteiger partial charge in [-0.2, -0.15) is 5.10 Å². The zero-order chi connectivity index (χ0) is 25.9. The summed E-state index contributed by atoms with van der Waals surface area (Å²) in [5.74, 6) is -0.195. The van der Waals surface area contributed by atoms with Crippen LogP contribution in [-0.2, 0) is 6.54 Å². The first-order valence-corrected chi connectivity index (χ1v) is 13.1. The van der Waals surface area contributed by atoms with Crippen molar-refractivity contribution in [2.75, 3.05) is 43.4 Å². The number of benzene rings is 1. The molecule has 1 amide bonds. The van der Waals surface area contributed by atoms with E-state index in [1.165, 1.54) is 5.56 Å². The third-order valence-electron chi connectivity index (χ3n) is 7.45. The van der Waals surface area contributed by atoms with E-state index in [0.29, 0.717) is 17.9 Å². The van der Waals surface area contributed by atoms with E-state index in [4.69, 9.17) is 23.1 Å². The number of likely N-dealkylation sites (tertiary alicyclic amines) is 1. The van der Waals surface area contributed by atoms with Gasteiger partial charge in [-0.25, -0.2) is 19.6 Å². The Morgan fingerprint density at radius 1 is 1.11 bits per heavy atom. The summed E-state index contributed by atoms with van der Waals surface area (Å²) >= 11 is 6.37. The normalized spacial score (nSPS) is 19.8. The molecule has 3 aromatic rings. The standard InChI is InChI=1S/C25H33ClN10O/c1-2-18-14-34(25-22(26)31-21(24(28)37)23(27)32-25)11-12-35(18)19-7-9-33(10-8-19)13-17-3-5-20(6-4-17)36-16-29-15-30-36/h3-6,15-16,18-19H,2,7-14H2,1H3,(H2,27,32)(H2,28,37)/t18-/m0/s1. The number of hydrogen-bond acceptors (Lipinski definition) is 9. The molecule has 12 heteroatoms. The number of aromatic nitrogens is 5. The van der Waals surface area contributed by atoms with Crippen molar-refractivity contribution < 1.29 is 4.79 Å². The van der Waals surface area contributed by atoms with Gasteiger partial charge in [-0.15, -0.1) is 0 Å². The predicted octanol–water partition coefficient (Wildman–Crippen LogP) is 1.96. The quantitative estimate of drug-likeness (QED) is 0.475. The number of nitrogens with two attached hydrogens (primary N) is 2. The van der Waals surface area contributed by atoms with Crippen molar-refractivity contribution in [1.29, 1.82) is 0 Å². The first-order valence-electron chi connectivity index (χ1n) is 12.7. The molecule has 196 valence electrons. The minimum atomic E-state index is -0.732. The van der Waals surface area contributed by atoms with Crippen LogP contribution in [-0.4, -0.2) is 85.2 Å². The van der Waals surface area contributed by atoms with Crippen LogP contribution < -0.4 is 16.4 Å². The molecule has 4 N–H and O–H groups in total. The molecule has 2 aliphatic rings. The molecular weight excluding hydrogens is 492 g/mol. The van der Waals surface area contributed by atoms with E-state index in [-0.39, 0.29) is 16.7 Å². The van der Waals surface area contributed by atoms with Gasteiger partial charge in [0.05, 0.1) is 5.69 Å². The van der Waals surface area contributed by atoms with E-state index < -0.39 is 5.91 Å². The van der Waals surface area contributed by atoms with Crippen LogP contribution in [0.5, 0.6) is 0 Å². The van der Waals surface area contributed by atoms with Crippen LogP contribution in [0.15, 0.2) is 36.9 Å². The monoisotopic (exact) mass is 524 g/mol. The Hall–Kier alpha value is -3.28. The molecule has 4 heterocycles. The molecule has 1 atom stereocenters. The molecule has 1 aromatic carbocycles. The van der Waals surface area contributed by atoms with Crippen LogP contribution in [0.25, 0.3) is 5.69 Å². The lowest BCUT2D eigenvalue weighted by atomic mass is 9.98. The Labute approximate surface area is 221 Å². The number of nitrogen functional groups attached to an aromatic ring is 1. The van der Waals surface area contributed by atoms with E-state index in [0.717, 1.165) is 64.2 Å². The molecular formula is C25H33ClN10O. The van der Waals surface area contributed by atoms with Gasteiger partial charge in [0, 0.05) is 38.3 Å². The average molecular weight is 525 g/mol. The van der Waals surface area contributed by atoms with E-state index in [1.54, 1.807) is 17.3 Å². The highest BCUT2D eigenvalue weighted by Gasteiger charge is 2.34. The zero-order valence-corrected chi connectivity index (χ0v) is 21.8. The van der Waals surface area contributed by atoms with Crippen molar-refractivity contribution in [1.82, 2.24) is 34.5 Å². The van der Waals surface area contributed by atoms with Gasteiger partial charge < -0.3 is 16.4 Å². The first-order chi connectivity index (χ1) is 17.9. The lowest BCUT2D eigenvalue weighted by Gasteiger charge is -2.47. The second-order valence-electron chi connectivity index (χ2n) is 9.70. The Kier molecular flexibility index (Phi) is 7.54. The summed E-state index contributed by atoms with van der Waals surface area (Å²) in [6.45, 7) is 7.81. The fourth-order valence-electron chi connectivity index (χ4n) is 5.47. The summed E-state index contributed by atoms with van der Waals surface area (Å²) in [5.41, 5.74) is 13.5. The van der Waals surface area contributed by atoms with Gasteiger partial charge in [-0.05, 0) is 50.0 Å². The van der Waals surface area contributed by atoms with Crippen LogP contribution in [0.4, 0.5) is 11.6 Å². The molecule has 2 aromatic heterocycles. The predicted molar refractivity (Wildman–Crippen MR) is 143 cm³/mol. The minimum Gasteiger partial charge on any atom is -0.382 e. The molecule has 0 saturated carbocycles. The highest BCUT2D eigenvalue weighted by Crippen LogP contribution is 2.30. The van der Waals surface area contributed by atoms with E-state index in [2.05, 4.69) is 65.9 Å². The van der Waals surface area contributed by atoms with Gasteiger partial charge >= 0.3 is 0 Å². The van der Waals surface area contributed by atoms with E-state index >= 15 is 0 Å². The molecule has 0 spiro atoms. The number of halogens is 1. The van der Waals surface area contributed by atoms with Crippen molar-refractivity contribution in [3.8, 4) is 5.69 Å². The van der Waals surface area contributed by atoms with Gasteiger partial charge in [0.1, 0.15) is 12.7 Å². The van der Waals surface area contributed by atoms with Crippen LogP contribution >= 0.6 is 11.6 Å². The third kappa shape index (κ3) is 5.53. The Balaban J connectivity index is 1.16. The van der Waals surface area contributed by atoms with Gasteiger partial charge in [-0.3, -0.25) is 14.6 Å². The molecule has 0 aliphatic carbocycles. The lowest BCUT2D eigenvalue weighted by molar-refractivity contribution is 0.0610. The minimum absolute atomic E-state index is 0.0165. The second kappa shape index (κ2) is 11.0. The first kappa shape index (κ1) is 25.4. The molecule has 2 fully saturated rings. The van der Waals surface area contributed by atoms with Gasteiger partial charge in [0.15, 0.2) is 22.5 Å². The maximum absolute atomic E-state index is 11.5. The average Bonchev–Trinajstić information content (AvgIpc) is 3.45. The van der Waals surface area contributed by atoms with Gasteiger partial charge in [-0.1, -0.05) is 30.7 Å². The fraction of sp³-hybridized carbons (Fsp3) is 0.480. The maximum Gasteiger partial charge on any atom is 0.271 e. The summed E-state index contributed by atoms with van der Waals surface area (Å²) in [7, 11) is 0. The second-order valence-corrected chi connectivity index (χ2v) is 10.1. The van der Waals surface area contributed by atoms with Gasteiger partial charge in [0.2, 0.25) is 0 Å². The zero-order valence-electron chi connectivity index (χ0n) is 21.0. The number of amides is 1. The van der Waals surface area contributed by atoms with Crippen molar-refractivity contribution in [3.05, 3.63) is 53.3 Å². The number of piperazine rings is 1. The van der Waals surface area contributed by atoms with Crippen LogP contribution in [0.1, 0.15) is 42.2 Å². The van der Waals surface area contributed by atoms with Crippen molar-refractivity contribution in [3.63, 3.8) is 0 Å². The molecule has 37 heavy (non-hydrogen) atoms. The summed E-state index contributed by atoms with van der Waals surface area (Å²) < 4.78 is 1.77. The molecule has 0 radical (unpaired) electrons. The van der Waals surface area contributed by atoms with E-state index in [1.807, 2.05) is 0 Å². The smallest absolute Gasteiger partial charge is 0.271 e. The Bertz CT molecular complexity index is 1210.